The molecule has 0 atom stereocenters. The number of carbonyl (C=O) groups excluding carboxylic acids is 1. The monoisotopic (exact) mass is 340 g/mol. The van der Waals surface area contributed by atoms with Crippen molar-refractivity contribution >= 4 is 28.9 Å². The van der Waals surface area contributed by atoms with E-state index in [1.807, 2.05) is 55.4 Å². The molecule has 0 aliphatic rings. The lowest BCUT2D eigenvalue weighted by atomic mass is 10.1. The van der Waals surface area contributed by atoms with Gasteiger partial charge in [-0.2, -0.15) is 5.10 Å². The summed E-state index contributed by atoms with van der Waals surface area (Å²) >= 11 is 5.88. The van der Waals surface area contributed by atoms with Gasteiger partial charge >= 0.3 is 0 Å². The molecule has 0 spiro atoms. The van der Waals surface area contributed by atoms with Crippen LogP contribution >= 0.6 is 11.6 Å². The van der Waals surface area contributed by atoms with Crippen molar-refractivity contribution in [2.75, 3.05) is 24.3 Å². The van der Waals surface area contributed by atoms with Crippen LogP contribution in [0.5, 0.6) is 0 Å². The predicted octanol–water partition coefficient (Wildman–Crippen LogP) is 4.05. The molecule has 0 saturated carbocycles. The summed E-state index contributed by atoms with van der Waals surface area (Å²) < 4.78 is 0. The fourth-order valence-electron chi connectivity index (χ4n) is 2.25. The van der Waals surface area contributed by atoms with Crippen molar-refractivity contribution < 1.29 is 4.79 Å². The van der Waals surface area contributed by atoms with E-state index in [4.69, 9.17) is 11.6 Å². The Balaban J connectivity index is 1.72. The maximum absolute atomic E-state index is 12.3. The van der Waals surface area contributed by atoms with Crippen LogP contribution in [0.2, 0.25) is 5.02 Å². The van der Waals surface area contributed by atoms with Crippen molar-refractivity contribution in [3.63, 3.8) is 0 Å². The Morgan fingerprint density at radius 2 is 1.75 bits per heavy atom. The maximum atomic E-state index is 12.3. The Morgan fingerprint density at radius 3 is 2.38 bits per heavy atom. The number of H-pyrrole nitrogens is 1. The van der Waals surface area contributed by atoms with Crippen LogP contribution in [0, 0.1) is 0 Å². The van der Waals surface area contributed by atoms with E-state index in [0.29, 0.717) is 16.4 Å². The lowest BCUT2D eigenvalue weighted by molar-refractivity contribution is 0.102. The van der Waals surface area contributed by atoms with E-state index in [0.717, 1.165) is 16.9 Å². The number of amides is 1. The lowest BCUT2D eigenvalue weighted by Gasteiger charge is -2.12. The van der Waals surface area contributed by atoms with Gasteiger partial charge in [0.15, 0.2) is 0 Å². The van der Waals surface area contributed by atoms with Gasteiger partial charge < -0.3 is 10.2 Å². The number of benzene rings is 2. The van der Waals surface area contributed by atoms with Crippen molar-refractivity contribution in [3.8, 4) is 11.3 Å². The van der Waals surface area contributed by atoms with Gasteiger partial charge in [-0.15, -0.1) is 0 Å². The van der Waals surface area contributed by atoms with Crippen LogP contribution in [-0.2, 0) is 0 Å². The fraction of sp³-hybridized carbons (Fsp3) is 0.111. The van der Waals surface area contributed by atoms with Gasteiger partial charge in [0.2, 0.25) is 0 Å². The van der Waals surface area contributed by atoms with Crippen LogP contribution in [0.3, 0.4) is 0 Å². The number of hydrogen-bond acceptors (Lipinski definition) is 3. The first-order valence-electron chi connectivity index (χ1n) is 7.43. The van der Waals surface area contributed by atoms with Gasteiger partial charge in [-0.25, -0.2) is 0 Å². The number of carbonyl (C=O) groups is 1. The molecule has 1 aromatic heterocycles. The number of aromatic amines is 1. The maximum Gasteiger partial charge on any atom is 0.273 e. The molecule has 0 saturated heterocycles. The smallest absolute Gasteiger partial charge is 0.273 e. The van der Waals surface area contributed by atoms with E-state index in [1.54, 1.807) is 18.2 Å². The molecule has 3 rings (SSSR count). The normalized spacial score (nSPS) is 10.5. The molecule has 1 heterocycles. The van der Waals surface area contributed by atoms with Gasteiger partial charge in [-0.3, -0.25) is 9.89 Å². The summed E-state index contributed by atoms with van der Waals surface area (Å²) in [6.45, 7) is 0. The van der Waals surface area contributed by atoms with E-state index in [1.165, 1.54) is 0 Å². The molecule has 6 heteroatoms. The van der Waals surface area contributed by atoms with Gasteiger partial charge in [0.05, 0.1) is 5.69 Å². The summed E-state index contributed by atoms with van der Waals surface area (Å²) in [7, 11) is 3.94. The molecular weight excluding hydrogens is 324 g/mol. The number of nitrogens with one attached hydrogen (secondary N) is 2. The van der Waals surface area contributed by atoms with Crippen molar-refractivity contribution in [2.24, 2.45) is 0 Å². The van der Waals surface area contributed by atoms with Gasteiger partial charge in [0, 0.05) is 36.1 Å². The zero-order valence-electron chi connectivity index (χ0n) is 13.4. The van der Waals surface area contributed by atoms with Crippen molar-refractivity contribution in [3.05, 3.63) is 65.3 Å². The number of nitrogens with zero attached hydrogens (tertiary/aromatic N) is 2. The Bertz CT molecular complexity index is 838. The minimum Gasteiger partial charge on any atom is -0.378 e. The average molecular weight is 341 g/mol. The molecule has 0 aliphatic heterocycles. The number of anilines is 2. The molecule has 1 amide bonds. The van der Waals surface area contributed by atoms with Crippen LogP contribution in [0.25, 0.3) is 11.3 Å². The van der Waals surface area contributed by atoms with Crippen LogP contribution in [0.4, 0.5) is 11.4 Å². The SMILES string of the molecule is CN(C)c1ccc(NC(=O)c2cc(-c3ccc(Cl)cc3)n[nH]2)cc1. The van der Waals surface area contributed by atoms with E-state index in [9.17, 15) is 4.79 Å². The minimum atomic E-state index is -0.236. The highest BCUT2D eigenvalue weighted by Gasteiger charge is 2.11. The Kier molecular flexibility index (Phi) is 4.53. The third-order valence-corrected chi connectivity index (χ3v) is 3.86. The van der Waals surface area contributed by atoms with E-state index in [-0.39, 0.29) is 5.91 Å². The first-order chi connectivity index (χ1) is 11.5. The first-order valence-corrected chi connectivity index (χ1v) is 7.81. The van der Waals surface area contributed by atoms with Gasteiger partial charge in [-0.1, -0.05) is 23.7 Å². The average Bonchev–Trinajstić information content (AvgIpc) is 3.06. The van der Waals surface area contributed by atoms with Gasteiger partial charge in [-0.05, 0) is 42.5 Å². The number of hydrogen-bond donors (Lipinski definition) is 2. The highest BCUT2D eigenvalue weighted by molar-refractivity contribution is 6.30. The standard InChI is InChI=1S/C18H17ClN4O/c1-23(2)15-9-7-14(8-10-15)20-18(24)17-11-16(21-22-17)12-3-5-13(19)6-4-12/h3-11H,1-2H3,(H,20,24)(H,21,22). The summed E-state index contributed by atoms with van der Waals surface area (Å²) in [5.74, 6) is -0.236. The molecule has 0 bridgehead atoms. The van der Waals surface area contributed by atoms with E-state index < -0.39 is 0 Å². The third kappa shape index (κ3) is 3.58. The largest absolute Gasteiger partial charge is 0.378 e. The zero-order chi connectivity index (χ0) is 17.1. The summed E-state index contributed by atoms with van der Waals surface area (Å²) in [5, 5.41) is 10.5. The summed E-state index contributed by atoms with van der Waals surface area (Å²) in [5.41, 5.74) is 3.79. The van der Waals surface area contributed by atoms with Crippen LogP contribution in [-0.4, -0.2) is 30.2 Å². The molecular formula is C18H17ClN4O. The molecule has 24 heavy (non-hydrogen) atoms. The zero-order valence-corrected chi connectivity index (χ0v) is 14.1. The third-order valence-electron chi connectivity index (χ3n) is 3.60. The van der Waals surface area contributed by atoms with E-state index >= 15 is 0 Å². The molecule has 5 nitrogen and oxygen atoms in total. The molecule has 2 N–H and O–H groups in total. The van der Waals surface area contributed by atoms with E-state index in [2.05, 4.69) is 15.5 Å². The summed E-state index contributed by atoms with van der Waals surface area (Å²) in [6.07, 6.45) is 0. The van der Waals surface area contributed by atoms with Gasteiger partial charge in [0.1, 0.15) is 5.69 Å². The highest BCUT2D eigenvalue weighted by atomic mass is 35.5. The van der Waals surface area contributed by atoms with Crippen molar-refractivity contribution in [2.45, 2.75) is 0 Å². The predicted molar refractivity (Wildman–Crippen MR) is 97.8 cm³/mol. The van der Waals surface area contributed by atoms with Crippen LogP contribution in [0.15, 0.2) is 54.6 Å². The Labute approximate surface area is 145 Å². The van der Waals surface area contributed by atoms with Crippen LogP contribution in [0.1, 0.15) is 10.5 Å². The molecule has 122 valence electrons. The minimum absolute atomic E-state index is 0.236. The highest BCUT2D eigenvalue weighted by Crippen LogP contribution is 2.21. The van der Waals surface area contributed by atoms with Crippen molar-refractivity contribution in [1.29, 1.82) is 0 Å². The molecule has 0 aliphatic carbocycles. The second-order valence-electron chi connectivity index (χ2n) is 5.57. The summed E-state index contributed by atoms with van der Waals surface area (Å²) in [6, 6.07) is 16.6. The fourth-order valence-corrected chi connectivity index (χ4v) is 2.37. The number of rotatable bonds is 4. The number of halogens is 1. The molecule has 0 unspecified atom stereocenters. The molecule has 0 fully saturated rings. The Morgan fingerprint density at radius 1 is 1.08 bits per heavy atom. The second-order valence-corrected chi connectivity index (χ2v) is 6.01. The van der Waals surface area contributed by atoms with Crippen LogP contribution < -0.4 is 10.2 Å². The number of aromatic nitrogens is 2. The van der Waals surface area contributed by atoms with Crippen molar-refractivity contribution in [1.82, 2.24) is 10.2 Å². The topological polar surface area (TPSA) is 61.0 Å². The van der Waals surface area contributed by atoms with Gasteiger partial charge in [0.25, 0.3) is 5.91 Å². The molecule has 2 aromatic carbocycles. The summed E-state index contributed by atoms with van der Waals surface area (Å²) in [4.78, 5) is 14.3. The second kappa shape index (κ2) is 6.76. The lowest BCUT2D eigenvalue weighted by Crippen LogP contribution is -2.13. The Hall–Kier alpha value is -2.79. The molecule has 3 aromatic rings. The first kappa shape index (κ1) is 16.1. The molecule has 0 radical (unpaired) electrons. The quantitative estimate of drug-likeness (QED) is 0.753.